The van der Waals surface area contributed by atoms with E-state index in [0.29, 0.717) is 19.7 Å². The summed E-state index contributed by atoms with van der Waals surface area (Å²) in [5, 5.41) is 0.0580. The van der Waals surface area contributed by atoms with Gasteiger partial charge < -0.3 is 14.2 Å². The van der Waals surface area contributed by atoms with Crippen LogP contribution in [0, 0.1) is 5.92 Å². The summed E-state index contributed by atoms with van der Waals surface area (Å²) in [6.45, 7) is 6.05. The number of ether oxygens (including phenoxy) is 1. The van der Waals surface area contributed by atoms with Gasteiger partial charge in [0.2, 0.25) is 20.9 Å². The minimum absolute atomic E-state index is 0.00697. The zero-order valence-corrected chi connectivity index (χ0v) is 21.9. The number of aromatic nitrogens is 2. The molecule has 3 aromatic rings. The maximum atomic E-state index is 13.4. The van der Waals surface area contributed by atoms with Gasteiger partial charge in [0, 0.05) is 19.7 Å². The fraction of sp³-hybridized carbons (Fsp3) is 0.429. The van der Waals surface area contributed by atoms with Crippen LogP contribution in [0.15, 0.2) is 72.0 Å². The van der Waals surface area contributed by atoms with Crippen LogP contribution in [-0.2, 0) is 44.6 Å². The fourth-order valence-corrected chi connectivity index (χ4v) is 6.05. The van der Waals surface area contributed by atoms with Gasteiger partial charge >= 0.3 is 0 Å². The average molecular weight is 510 g/mol. The third-order valence-electron chi connectivity index (χ3n) is 6.28. The molecule has 0 saturated carbocycles. The molecule has 7 nitrogen and oxygen atoms in total. The van der Waals surface area contributed by atoms with Crippen LogP contribution in [0.25, 0.3) is 0 Å². The van der Waals surface area contributed by atoms with Crippen molar-refractivity contribution in [3.05, 3.63) is 83.7 Å². The van der Waals surface area contributed by atoms with Crippen molar-refractivity contribution in [2.75, 3.05) is 13.2 Å². The Labute approximate surface area is 214 Å². The number of nitrogens with zero attached hydrogens (tertiary/aromatic N) is 3. The molecular weight excluding hydrogens is 474 g/mol. The van der Waals surface area contributed by atoms with Crippen molar-refractivity contribution in [3.8, 4) is 0 Å². The highest BCUT2D eigenvalue weighted by atomic mass is 32.2. The molecule has 1 aliphatic rings. The molecule has 36 heavy (non-hydrogen) atoms. The van der Waals surface area contributed by atoms with Crippen molar-refractivity contribution in [1.82, 2.24) is 14.5 Å². The van der Waals surface area contributed by atoms with E-state index in [9.17, 15) is 13.2 Å². The molecular formula is C28H35N3O4S. The first-order valence-corrected chi connectivity index (χ1v) is 14.2. The van der Waals surface area contributed by atoms with Crippen LogP contribution in [0.2, 0.25) is 0 Å². The van der Waals surface area contributed by atoms with Gasteiger partial charge in [0.1, 0.15) is 0 Å². The van der Waals surface area contributed by atoms with Crippen LogP contribution >= 0.6 is 0 Å². The maximum Gasteiger partial charge on any atom is 0.228 e. The zero-order valence-electron chi connectivity index (χ0n) is 21.0. The summed E-state index contributed by atoms with van der Waals surface area (Å²) in [4.78, 5) is 19.6. The van der Waals surface area contributed by atoms with Crippen molar-refractivity contribution < 1.29 is 17.9 Å². The number of carbonyl (C=O) groups is 1. The van der Waals surface area contributed by atoms with Crippen LogP contribution in [0.4, 0.5) is 0 Å². The zero-order chi connectivity index (χ0) is 25.5. The Morgan fingerprint density at radius 1 is 1.08 bits per heavy atom. The summed E-state index contributed by atoms with van der Waals surface area (Å²) in [6, 6.07) is 18.8. The summed E-state index contributed by atoms with van der Waals surface area (Å²) < 4.78 is 34.4. The van der Waals surface area contributed by atoms with Crippen molar-refractivity contribution >= 4 is 15.7 Å². The number of rotatable bonds is 11. The Balaban J connectivity index is 1.61. The molecule has 192 valence electrons. The van der Waals surface area contributed by atoms with Crippen LogP contribution in [-0.4, -0.2) is 48.0 Å². The van der Waals surface area contributed by atoms with Crippen molar-refractivity contribution in [2.24, 2.45) is 5.92 Å². The molecule has 0 radical (unpaired) electrons. The standard InChI is InChI=1S/C28H35N3O4S/c1-22(2)18-31-25(17-29-28(31)36(33,34)21-24-12-7-4-8-13-24)19-30(20-26-14-9-15-35-26)27(32)16-23-10-5-3-6-11-23/h3-8,10-13,17,22,26H,9,14-16,18-21H2,1-2H3/t26-/m1/s1. The molecule has 0 unspecified atom stereocenters. The van der Waals surface area contributed by atoms with E-state index >= 15 is 0 Å². The predicted molar refractivity (Wildman–Crippen MR) is 139 cm³/mol. The number of amides is 1. The molecule has 0 N–H and O–H groups in total. The molecule has 1 aromatic heterocycles. The first kappa shape index (κ1) is 26.1. The van der Waals surface area contributed by atoms with Gasteiger partial charge in [-0.05, 0) is 29.9 Å². The Hall–Kier alpha value is -2.97. The quantitative estimate of drug-likeness (QED) is 0.386. The van der Waals surface area contributed by atoms with Gasteiger partial charge in [-0.2, -0.15) is 0 Å². The minimum Gasteiger partial charge on any atom is -0.376 e. The molecule has 1 saturated heterocycles. The summed E-state index contributed by atoms with van der Waals surface area (Å²) in [6.07, 6.45) is 3.78. The van der Waals surface area contributed by atoms with Crippen molar-refractivity contribution in [2.45, 2.75) is 63.2 Å². The number of sulfone groups is 1. The highest BCUT2D eigenvalue weighted by molar-refractivity contribution is 7.90. The monoisotopic (exact) mass is 509 g/mol. The molecule has 0 aliphatic carbocycles. The molecule has 2 heterocycles. The lowest BCUT2D eigenvalue weighted by Crippen LogP contribution is -2.38. The maximum absolute atomic E-state index is 13.4. The lowest BCUT2D eigenvalue weighted by atomic mass is 10.1. The number of benzene rings is 2. The van der Waals surface area contributed by atoms with Gasteiger partial charge in [-0.15, -0.1) is 0 Å². The van der Waals surface area contributed by atoms with E-state index in [1.54, 1.807) is 27.8 Å². The molecule has 1 fully saturated rings. The van der Waals surface area contributed by atoms with E-state index in [1.807, 2.05) is 62.4 Å². The second-order valence-corrected chi connectivity index (χ2v) is 11.7. The van der Waals surface area contributed by atoms with Crippen LogP contribution in [0.5, 0.6) is 0 Å². The Morgan fingerprint density at radius 3 is 2.36 bits per heavy atom. The SMILES string of the molecule is CC(C)Cn1c(CN(C[C@H]2CCCO2)C(=O)Cc2ccccc2)cnc1S(=O)(=O)Cc1ccccc1. The lowest BCUT2D eigenvalue weighted by Gasteiger charge is -2.26. The summed E-state index contributed by atoms with van der Waals surface area (Å²) in [7, 11) is -3.67. The number of carbonyl (C=O) groups excluding carboxylic acids is 1. The highest BCUT2D eigenvalue weighted by Gasteiger charge is 2.28. The van der Waals surface area contributed by atoms with E-state index in [4.69, 9.17) is 4.74 Å². The van der Waals surface area contributed by atoms with Crippen molar-refractivity contribution in [3.63, 3.8) is 0 Å². The van der Waals surface area contributed by atoms with Crippen molar-refractivity contribution in [1.29, 1.82) is 0 Å². The number of hydrogen-bond acceptors (Lipinski definition) is 5. The van der Waals surface area contributed by atoms with Gasteiger partial charge in [-0.25, -0.2) is 13.4 Å². The van der Waals surface area contributed by atoms with Crippen LogP contribution in [0.3, 0.4) is 0 Å². The minimum atomic E-state index is -3.67. The second kappa shape index (κ2) is 11.8. The second-order valence-electron chi connectivity index (χ2n) is 9.85. The molecule has 1 atom stereocenters. The normalized spacial score (nSPS) is 15.9. The molecule has 1 aliphatic heterocycles. The van der Waals surface area contributed by atoms with Gasteiger partial charge in [0.05, 0.1) is 36.7 Å². The van der Waals surface area contributed by atoms with Gasteiger partial charge in [-0.3, -0.25) is 4.79 Å². The molecule has 0 bridgehead atoms. The average Bonchev–Trinajstić information content (AvgIpc) is 3.50. The summed E-state index contributed by atoms with van der Waals surface area (Å²) in [5.41, 5.74) is 2.38. The topological polar surface area (TPSA) is 81.5 Å². The first-order valence-electron chi connectivity index (χ1n) is 12.6. The van der Waals surface area contributed by atoms with Gasteiger partial charge in [-0.1, -0.05) is 74.5 Å². The van der Waals surface area contributed by atoms with Crippen LogP contribution < -0.4 is 0 Å². The van der Waals surface area contributed by atoms with E-state index in [2.05, 4.69) is 4.98 Å². The smallest absolute Gasteiger partial charge is 0.228 e. The third kappa shape index (κ3) is 6.83. The van der Waals surface area contributed by atoms with E-state index in [1.165, 1.54) is 0 Å². The third-order valence-corrected chi connectivity index (χ3v) is 7.87. The molecule has 2 aromatic carbocycles. The number of imidazole rings is 1. The first-order chi connectivity index (χ1) is 17.3. The van der Waals surface area contributed by atoms with E-state index in [-0.39, 0.29) is 41.8 Å². The fourth-order valence-electron chi connectivity index (χ4n) is 4.55. The largest absolute Gasteiger partial charge is 0.376 e. The number of hydrogen-bond donors (Lipinski definition) is 0. The Bertz CT molecular complexity index is 1230. The van der Waals surface area contributed by atoms with E-state index < -0.39 is 9.84 Å². The predicted octanol–water partition coefficient (Wildman–Crippen LogP) is 4.26. The van der Waals surface area contributed by atoms with Gasteiger partial charge in [0.15, 0.2) is 0 Å². The summed E-state index contributed by atoms with van der Waals surface area (Å²) >= 11 is 0. The highest BCUT2D eigenvalue weighted by Crippen LogP contribution is 2.22. The Morgan fingerprint density at radius 2 is 1.75 bits per heavy atom. The lowest BCUT2D eigenvalue weighted by molar-refractivity contribution is -0.132. The molecule has 1 amide bonds. The summed E-state index contributed by atoms with van der Waals surface area (Å²) in [5.74, 6) is 0.0764. The van der Waals surface area contributed by atoms with Gasteiger partial charge in [0.25, 0.3) is 0 Å². The van der Waals surface area contributed by atoms with E-state index in [0.717, 1.165) is 29.7 Å². The molecule has 0 spiro atoms. The molecule has 4 rings (SSSR count). The Kier molecular flexibility index (Phi) is 8.59. The molecule has 8 heteroatoms. The van der Waals surface area contributed by atoms with Crippen LogP contribution in [0.1, 0.15) is 43.5 Å².